The van der Waals surface area contributed by atoms with E-state index < -0.39 is 0 Å². The maximum absolute atomic E-state index is 13.1. The Kier molecular flexibility index (Phi) is 12.9. The highest BCUT2D eigenvalue weighted by atomic mass is 16.3. The number of hydrogen-bond acceptors (Lipinski definition) is 4. The van der Waals surface area contributed by atoms with Gasteiger partial charge in [0.2, 0.25) is 0 Å². The minimum Gasteiger partial charge on any atom is -0.396 e. The Morgan fingerprint density at radius 3 is 1.20 bits per heavy atom. The molecule has 0 aromatic heterocycles. The molecule has 35 heavy (non-hydrogen) atoms. The zero-order valence-corrected chi connectivity index (χ0v) is 23.5. The third kappa shape index (κ3) is 10.6. The van der Waals surface area contributed by atoms with E-state index in [1.807, 2.05) is 0 Å². The van der Waals surface area contributed by atoms with Crippen LogP contribution in [-0.4, -0.2) is 35.0 Å². The van der Waals surface area contributed by atoms with Crippen LogP contribution in [0.2, 0.25) is 0 Å². The number of unbranched alkanes of at least 4 members (excludes halogenated alkanes) is 2. The van der Waals surface area contributed by atoms with Gasteiger partial charge in [-0.25, -0.2) is 0 Å². The summed E-state index contributed by atoms with van der Waals surface area (Å²) in [7, 11) is 0. The molecular formula is C31H56O4. The van der Waals surface area contributed by atoms with Crippen LogP contribution in [0.25, 0.3) is 0 Å². The van der Waals surface area contributed by atoms with Crippen molar-refractivity contribution in [3.05, 3.63) is 0 Å². The Balaban J connectivity index is 1.68. The molecule has 4 unspecified atom stereocenters. The number of aliphatic hydroxyl groups excluding tert-OH is 2. The third-order valence-electron chi connectivity index (χ3n) is 9.09. The molecule has 0 aromatic rings. The zero-order chi connectivity index (χ0) is 25.9. The number of Topliss-reactive ketones (excluding diaryl/α,β-unsaturated/α-hetero) is 2. The van der Waals surface area contributed by atoms with Crippen molar-refractivity contribution < 1.29 is 19.8 Å². The normalized spacial score (nSPS) is 26.3. The van der Waals surface area contributed by atoms with E-state index in [0.717, 1.165) is 96.3 Å². The summed E-state index contributed by atoms with van der Waals surface area (Å²) < 4.78 is 0. The van der Waals surface area contributed by atoms with Crippen LogP contribution in [0.4, 0.5) is 0 Å². The lowest BCUT2D eigenvalue weighted by Crippen LogP contribution is -2.30. The number of aliphatic hydroxyl groups is 2. The Hall–Kier alpha value is -0.740. The second-order valence-corrected chi connectivity index (χ2v) is 13.5. The Labute approximate surface area is 216 Å². The molecule has 4 heteroatoms. The second-order valence-electron chi connectivity index (χ2n) is 13.5. The van der Waals surface area contributed by atoms with Gasteiger partial charge in [-0.2, -0.15) is 0 Å². The fourth-order valence-corrected chi connectivity index (χ4v) is 6.36. The molecule has 204 valence electrons. The summed E-state index contributed by atoms with van der Waals surface area (Å²) in [6, 6.07) is 0. The molecule has 0 saturated heterocycles. The molecule has 0 amide bonds. The van der Waals surface area contributed by atoms with Crippen molar-refractivity contribution in [2.45, 2.75) is 137 Å². The molecular weight excluding hydrogens is 436 g/mol. The molecule has 2 N–H and O–H groups in total. The van der Waals surface area contributed by atoms with Crippen LogP contribution in [0.15, 0.2) is 0 Å². The van der Waals surface area contributed by atoms with Gasteiger partial charge in [-0.15, -0.1) is 0 Å². The molecule has 2 saturated carbocycles. The Bertz CT molecular complexity index is 584. The van der Waals surface area contributed by atoms with Crippen LogP contribution in [-0.2, 0) is 9.59 Å². The van der Waals surface area contributed by atoms with E-state index in [0.29, 0.717) is 11.6 Å². The summed E-state index contributed by atoms with van der Waals surface area (Å²) in [5.74, 6) is 1.90. The van der Waals surface area contributed by atoms with Crippen LogP contribution in [0, 0.1) is 34.5 Å². The first-order valence-electron chi connectivity index (χ1n) is 14.9. The van der Waals surface area contributed by atoms with E-state index in [-0.39, 0.29) is 47.7 Å². The van der Waals surface area contributed by atoms with Crippen molar-refractivity contribution in [2.75, 3.05) is 13.2 Å². The smallest absolute Gasteiger partial charge is 0.139 e. The van der Waals surface area contributed by atoms with E-state index in [2.05, 4.69) is 27.7 Å². The van der Waals surface area contributed by atoms with Crippen LogP contribution in [0.1, 0.15) is 137 Å². The molecule has 4 atom stereocenters. The lowest BCUT2D eigenvalue weighted by Gasteiger charge is -2.30. The van der Waals surface area contributed by atoms with Crippen molar-refractivity contribution >= 4 is 11.6 Å². The van der Waals surface area contributed by atoms with Gasteiger partial charge >= 0.3 is 0 Å². The average Bonchev–Trinajstić information content (AvgIpc) is 2.83. The van der Waals surface area contributed by atoms with Crippen molar-refractivity contribution in [3.8, 4) is 0 Å². The van der Waals surface area contributed by atoms with E-state index in [1.54, 1.807) is 0 Å². The lowest BCUT2D eigenvalue weighted by molar-refractivity contribution is -0.130. The van der Waals surface area contributed by atoms with Gasteiger partial charge in [-0.3, -0.25) is 9.59 Å². The van der Waals surface area contributed by atoms with Crippen LogP contribution in [0.5, 0.6) is 0 Å². The Morgan fingerprint density at radius 2 is 0.886 bits per heavy atom. The highest BCUT2D eigenvalue weighted by Crippen LogP contribution is 2.36. The fraction of sp³-hybridized carbons (Fsp3) is 0.935. The number of ketones is 2. The second kappa shape index (κ2) is 14.9. The first kappa shape index (κ1) is 30.5. The summed E-state index contributed by atoms with van der Waals surface area (Å²) >= 11 is 0. The average molecular weight is 493 g/mol. The molecule has 2 aliphatic rings. The van der Waals surface area contributed by atoms with Gasteiger partial charge in [0.05, 0.1) is 0 Å². The standard InChI is InChI=1S/C31H56O4/c1-30(2,22-32)20-7-5-12-24-14-9-16-26(28(24)34)18-11-19-27-17-10-15-25(29(27)35)13-6-8-21-31(3,4)23-33/h24-27,32-33H,5-23H2,1-4H3. The molecule has 0 radical (unpaired) electrons. The molecule has 2 aliphatic carbocycles. The first-order valence-corrected chi connectivity index (χ1v) is 14.9. The highest BCUT2D eigenvalue weighted by Gasteiger charge is 2.33. The molecule has 0 heterocycles. The van der Waals surface area contributed by atoms with Crippen LogP contribution < -0.4 is 0 Å². The summed E-state index contributed by atoms with van der Waals surface area (Å²) in [4.78, 5) is 26.2. The molecule has 4 nitrogen and oxygen atoms in total. The number of carbonyl (C=O) groups excluding carboxylic acids is 2. The topological polar surface area (TPSA) is 74.6 Å². The first-order chi connectivity index (χ1) is 16.6. The van der Waals surface area contributed by atoms with E-state index >= 15 is 0 Å². The predicted molar refractivity (Wildman–Crippen MR) is 144 cm³/mol. The summed E-state index contributed by atoms with van der Waals surface area (Å²) in [5, 5.41) is 18.9. The number of rotatable bonds is 16. The van der Waals surface area contributed by atoms with Gasteiger partial charge in [-0.05, 0) is 75.0 Å². The van der Waals surface area contributed by atoms with Crippen LogP contribution in [0.3, 0.4) is 0 Å². The number of hydrogen-bond donors (Lipinski definition) is 2. The minimum absolute atomic E-state index is 0.00843. The van der Waals surface area contributed by atoms with E-state index in [9.17, 15) is 19.8 Å². The van der Waals surface area contributed by atoms with Crippen LogP contribution >= 0.6 is 0 Å². The summed E-state index contributed by atoms with van der Waals surface area (Å²) in [6.07, 6.45) is 17.9. The van der Waals surface area contributed by atoms with Gasteiger partial charge in [0, 0.05) is 36.9 Å². The number of carbonyl (C=O) groups is 2. The van der Waals surface area contributed by atoms with Gasteiger partial charge in [-0.1, -0.05) is 72.6 Å². The largest absolute Gasteiger partial charge is 0.396 e. The third-order valence-corrected chi connectivity index (χ3v) is 9.09. The summed E-state index contributed by atoms with van der Waals surface area (Å²) in [6.45, 7) is 8.87. The van der Waals surface area contributed by atoms with Crippen molar-refractivity contribution in [1.29, 1.82) is 0 Å². The fourth-order valence-electron chi connectivity index (χ4n) is 6.36. The maximum Gasteiger partial charge on any atom is 0.139 e. The SMILES string of the molecule is CC(C)(CO)CCCCC1CCCC(CCCC2CCCC(CCCCC(C)(C)CO)C2=O)C1=O. The zero-order valence-electron chi connectivity index (χ0n) is 23.5. The summed E-state index contributed by atoms with van der Waals surface area (Å²) in [5.41, 5.74) is -0.0169. The molecule has 2 rings (SSSR count). The van der Waals surface area contributed by atoms with Crippen molar-refractivity contribution in [2.24, 2.45) is 34.5 Å². The molecule has 0 spiro atoms. The monoisotopic (exact) mass is 492 g/mol. The van der Waals surface area contributed by atoms with E-state index in [1.165, 1.54) is 12.8 Å². The Morgan fingerprint density at radius 1 is 0.571 bits per heavy atom. The molecule has 0 aliphatic heterocycles. The quantitative estimate of drug-likeness (QED) is 0.222. The lowest BCUT2D eigenvalue weighted by atomic mass is 9.73. The van der Waals surface area contributed by atoms with Gasteiger partial charge < -0.3 is 10.2 Å². The highest BCUT2D eigenvalue weighted by molar-refractivity contribution is 5.84. The van der Waals surface area contributed by atoms with Gasteiger partial charge in [0.25, 0.3) is 0 Å². The van der Waals surface area contributed by atoms with E-state index in [4.69, 9.17) is 0 Å². The molecule has 0 bridgehead atoms. The maximum atomic E-state index is 13.1. The minimum atomic E-state index is -0.00843. The predicted octanol–water partition coefficient (Wildman–Crippen LogP) is 7.29. The van der Waals surface area contributed by atoms with Gasteiger partial charge in [0.1, 0.15) is 11.6 Å². The van der Waals surface area contributed by atoms with Crippen molar-refractivity contribution in [1.82, 2.24) is 0 Å². The molecule has 2 fully saturated rings. The molecule has 0 aromatic carbocycles. The van der Waals surface area contributed by atoms with Crippen molar-refractivity contribution in [3.63, 3.8) is 0 Å². The van der Waals surface area contributed by atoms with Gasteiger partial charge in [0.15, 0.2) is 0 Å².